The molecule has 224 valence electrons. The average Bonchev–Trinajstić information content (AvgIpc) is 2.95. The van der Waals surface area contributed by atoms with Gasteiger partial charge in [-0.1, -0.05) is 28.8 Å². The Balaban J connectivity index is 1.38. The normalized spacial score (nSPS) is 13.9. The molecule has 2 amide bonds. The number of piperidine rings is 1. The predicted octanol–water partition coefficient (Wildman–Crippen LogP) is 7.06. The van der Waals surface area contributed by atoms with Crippen LogP contribution in [-0.4, -0.2) is 65.3 Å². The standard InChI is InChI=1S/C31H42BrFN4O4/c1-4-34(22-24-16-19-35(20-17-24)28-15-12-26(32)21-29(28)37(40)41)30(38)9-7-5-6-8-18-36(23(2)3)31(39)25-10-13-27(33)14-11-25/h10-15,21,23-24H,4-9,16-20,22H2,1-3H3. The SMILES string of the molecule is CCN(CC1CCN(c2ccc(Br)cc2[N+](=O)[O-])CC1)C(=O)CCCCCCN(C(=O)c1ccc(F)cc1)C(C)C. The Labute approximate surface area is 251 Å². The lowest BCUT2D eigenvalue weighted by Gasteiger charge is -2.35. The van der Waals surface area contributed by atoms with Crippen molar-refractivity contribution < 1.29 is 18.9 Å². The summed E-state index contributed by atoms with van der Waals surface area (Å²) in [7, 11) is 0. The number of unbranched alkanes of at least 4 members (excludes halogenated alkanes) is 3. The number of anilines is 1. The van der Waals surface area contributed by atoms with E-state index in [4.69, 9.17) is 0 Å². The van der Waals surface area contributed by atoms with Crippen LogP contribution in [0, 0.1) is 21.8 Å². The number of nitrogens with zero attached hydrogens (tertiary/aromatic N) is 4. The van der Waals surface area contributed by atoms with Crippen LogP contribution in [0.25, 0.3) is 0 Å². The van der Waals surface area contributed by atoms with Gasteiger partial charge in [0.25, 0.3) is 11.6 Å². The molecule has 0 aliphatic carbocycles. The summed E-state index contributed by atoms with van der Waals surface area (Å²) in [4.78, 5) is 42.8. The van der Waals surface area contributed by atoms with E-state index < -0.39 is 0 Å². The van der Waals surface area contributed by atoms with Gasteiger partial charge < -0.3 is 14.7 Å². The molecule has 2 aromatic carbocycles. The lowest BCUT2D eigenvalue weighted by Crippen LogP contribution is -2.41. The number of benzene rings is 2. The van der Waals surface area contributed by atoms with Gasteiger partial charge >= 0.3 is 0 Å². The topological polar surface area (TPSA) is 87.0 Å². The lowest BCUT2D eigenvalue weighted by atomic mass is 9.95. The van der Waals surface area contributed by atoms with Gasteiger partial charge in [-0.25, -0.2) is 4.39 Å². The number of halogens is 2. The quantitative estimate of drug-likeness (QED) is 0.126. The van der Waals surface area contributed by atoms with Gasteiger partial charge in [-0.05, 0) is 88.8 Å². The predicted molar refractivity (Wildman–Crippen MR) is 164 cm³/mol. The zero-order valence-electron chi connectivity index (χ0n) is 24.4. The second kappa shape index (κ2) is 15.8. The summed E-state index contributed by atoms with van der Waals surface area (Å²) in [6.07, 6.45) is 5.81. The molecule has 0 spiro atoms. The fourth-order valence-corrected chi connectivity index (χ4v) is 5.76. The van der Waals surface area contributed by atoms with Crippen LogP contribution in [0.3, 0.4) is 0 Å². The molecule has 0 N–H and O–H groups in total. The van der Waals surface area contributed by atoms with Crippen LogP contribution in [-0.2, 0) is 4.79 Å². The van der Waals surface area contributed by atoms with Gasteiger partial charge in [0, 0.05) is 61.3 Å². The number of carbonyl (C=O) groups excluding carboxylic acids is 2. The minimum Gasteiger partial charge on any atom is -0.366 e. The van der Waals surface area contributed by atoms with Crippen molar-refractivity contribution in [3.63, 3.8) is 0 Å². The molecule has 1 aliphatic heterocycles. The van der Waals surface area contributed by atoms with E-state index in [1.807, 2.05) is 36.6 Å². The molecule has 0 radical (unpaired) electrons. The van der Waals surface area contributed by atoms with Crippen molar-refractivity contribution in [2.75, 3.05) is 37.6 Å². The number of nitro benzene ring substituents is 1. The molecule has 0 bridgehead atoms. The zero-order chi connectivity index (χ0) is 29.9. The fraction of sp³-hybridized carbons (Fsp3) is 0.548. The molecule has 1 saturated heterocycles. The highest BCUT2D eigenvalue weighted by molar-refractivity contribution is 9.10. The number of carbonyl (C=O) groups is 2. The average molecular weight is 634 g/mol. The first-order valence-electron chi connectivity index (χ1n) is 14.6. The van der Waals surface area contributed by atoms with Gasteiger partial charge in [-0.15, -0.1) is 0 Å². The monoisotopic (exact) mass is 632 g/mol. The van der Waals surface area contributed by atoms with Crippen molar-refractivity contribution in [2.45, 2.75) is 71.8 Å². The Bertz CT molecular complexity index is 1170. The maximum Gasteiger partial charge on any atom is 0.293 e. The second-order valence-electron chi connectivity index (χ2n) is 11.0. The van der Waals surface area contributed by atoms with Gasteiger partial charge in [0.05, 0.1) is 4.92 Å². The third kappa shape index (κ3) is 9.51. The Morgan fingerprint density at radius 3 is 2.34 bits per heavy atom. The summed E-state index contributed by atoms with van der Waals surface area (Å²) in [5.41, 5.74) is 1.25. The molecule has 1 heterocycles. The van der Waals surface area contributed by atoms with E-state index in [0.717, 1.165) is 58.2 Å². The Morgan fingerprint density at radius 1 is 1.07 bits per heavy atom. The smallest absolute Gasteiger partial charge is 0.293 e. The molecule has 0 unspecified atom stereocenters. The number of hydrogen-bond donors (Lipinski definition) is 0. The van der Waals surface area contributed by atoms with E-state index in [9.17, 15) is 24.1 Å². The Kier molecular flexibility index (Phi) is 12.6. The molecule has 8 nitrogen and oxygen atoms in total. The number of amides is 2. The highest BCUT2D eigenvalue weighted by Gasteiger charge is 2.27. The minimum absolute atomic E-state index is 0.0455. The van der Waals surface area contributed by atoms with E-state index in [1.54, 1.807) is 12.1 Å². The molecule has 0 atom stereocenters. The zero-order valence-corrected chi connectivity index (χ0v) is 25.9. The molecule has 0 saturated carbocycles. The van der Waals surface area contributed by atoms with Crippen molar-refractivity contribution in [1.29, 1.82) is 0 Å². The van der Waals surface area contributed by atoms with E-state index in [0.29, 0.717) is 41.2 Å². The first-order chi connectivity index (χ1) is 19.6. The Hall–Kier alpha value is -3.01. The van der Waals surface area contributed by atoms with E-state index >= 15 is 0 Å². The van der Waals surface area contributed by atoms with Crippen LogP contribution < -0.4 is 4.90 Å². The first-order valence-corrected chi connectivity index (χ1v) is 15.4. The molecular formula is C31H42BrFN4O4. The van der Waals surface area contributed by atoms with E-state index in [-0.39, 0.29) is 34.3 Å². The molecule has 1 aliphatic rings. The largest absolute Gasteiger partial charge is 0.366 e. The molecule has 0 aromatic heterocycles. The van der Waals surface area contributed by atoms with Gasteiger partial charge in [0.2, 0.25) is 5.91 Å². The van der Waals surface area contributed by atoms with Crippen molar-refractivity contribution in [1.82, 2.24) is 9.80 Å². The minimum atomic E-state index is -0.357. The van der Waals surface area contributed by atoms with Crippen LogP contribution >= 0.6 is 15.9 Å². The van der Waals surface area contributed by atoms with Crippen LogP contribution in [0.1, 0.15) is 76.1 Å². The number of nitro groups is 1. The van der Waals surface area contributed by atoms with Crippen LogP contribution in [0.2, 0.25) is 0 Å². The summed E-state index contributed by atoms with van der Waals surface area (Å²) < 4.78 is 13.9. The van der Waals surface area contributed by atoms with Gasteiger partial charge in [-0.3, -0.25) is 19.7 Å². The maximum atomic E-state index is 13.2. The van der Waals surface area contributed by atoms with E-state index in [1.165, 1.54) is 24.3 Å². The van der Waals surface area contributed by atoms with Crippen molar-refractivity contribution in [3.05, 3.63) is 68.4 Å². The number of rotatable bonds is 14. The summed E-state index contributed by atoms with van der Waals surface area (Å²) in [5, 5.41) is 11.5. The van der Waals surface area contributed by atoms with Crippen LogP contribution in [0.5, 0.6) is 0 Å². The van der Waals surface area contributed by atoms with Gasteiger partial charge in [0.1, 0.15) is 11.5 Å². The van der Waals surface area contributed by atoms with Crippen molar-refractivity contribution in [3.8, 4) is 0 Å². The Morgan fingerprint density at radius 2 is 1.73 bits per heavy atom. The van der Waals surface area contributed by atoms with Gasteiger partial charge in [0.15, 0.2) is 0 Å². The highest BCUT2D eigenvalue weighted by atomic mass is 79.9. The van der Waals surface area contributed by atoms with Crippen molar-refractivity contribution >= 4 is 39.1 Å². The highest BCUT2D eigenvalue weighted by Crippen LogP contribution is 2.34. The fourth-order valence-electron chi connectivity index (χ4n) is 5.41. The molecule has 1 fully saturated rings. The molecule has 2 aromatic rings. The van der Waals surface area contributed by atoms with Crippen LogP contribution in [0.15, 0.2) is 46.9 Å². The third-order valence-electron chi connectivity index (χ3n) is 7.82. The lowest BCUT2D eigenvalue weighted by molar-refractivity contribution is -0.384. The van der Waals surface area contributed by atoms with E-state index in [2.05, 4.69) is 20.8 Å². The summed E-state index contributed by atoms with van der Waals surface area (Å²) >= 11 is 3.32. The molecule has 3 rings (SSSR count). The molecular weight excluding hydrogens is 591 g/mol. The summed E-state index contributed by atoms with van der Waals surface area (Å²) in [5.74, 6) is 0.109. The summed E-state index contributed by atoms with van der Waals surface area (Å²) in [6.45, 7) is 9.46. The molecule has 10 heteroatoms. The first kappa shape index (κ1) is 32.5. The molecule has 41 heavy (non-hydrogen) atoms. The number of hydrogen-bond acceptors (Lipinski definition) is 5. The maximum absolute atomic E-state index is 13.2. The van der Waals surface area contributed by atoms with Crippen LogP contribution in [0.4, 0.5) is 15.8 Å². The van der Waals surface area contributed by atoms with Gasteiger partial charge in [-0.2, -0.15) is 0 Å². The third-order valence-corrected chi connectivity index (χ3v) is 8.31. The van der Waals surface area contributed by atoms with Crippen molar-refractivity contribution in [2.24, 2.45) is 5.92 Å². The second-order valence-corrected chi connectivity index (χ2v) is 11.9. The summed E-state index contributed by atoms with van der Waals surface area (Å²) in [6, 6.07) is 10.9.